The van der Waals surface area contributed by atoms with E-state index >= 15 is 0 Å². The minimum Gasteiger partial charge on any atom is -0.299 e. The molecular weight excluding hydrogens is 239 g/mol. The van der Waals surface area contributed by atoms with Gasteiger partial charge in [0.1, 0.15) is 11.6 Å². The molecule has 1 aliphatic carbocycles. The van der Waals surface area contributed by atoms with E-state index in [-0.39, 0.29) is 23.9 Å². The van der Waals surface area contributed by atoms with E-state index < -0.39 is 0 Å². The van der Waals surface area contributed by atoms with Crippen LogP contribution < -0.4 is 0 Å². The lowest BCUT2D eigenvalue weighted by Crippen LogP contribution is -2.14. The van der Waals surface area contributed by atoms with Gasteiger partial charge in [-0.15, -0.1) is 0 Å². The van der Waals surface area contributed by atoms with Crippen LogP contribution in [0.5, 0.6) is 0 Å². The van der Waals surface area contributed by atoms with Crippen LogP contribution in [-0.2, 0) is 11.2 Å². The molecule has 0 aliphatic heterocycles. The normalized spacial score (nSPS) is 23.9. The van der Waals surface area contributed by atoms with Gasteiger partial charge in [0.2, 0.25) is 0 Å². The summed E-state index contributed by atoms with van der Waals surface area (Å²) in [6.45, 7) is 2.17. The molecule has 0 radical (unpaired) electrons. The molecule has 1 saturated carbocycles. The molecule has 0 spiro atoms. The van der Waals surface area contributed by atoms with E-state index in [0.29, 0.717) is 16.5 Å². The largest absolute Gasteiger partial charge is 0.299 e. The summed E-state index contributed by atoms with van der Waals surface area (Å²) in [5.41, 5.74) is 0.608. The predicted octanol–water partition coefficient (Wildman–Crippen LogP) is 4.03. The first-order valence-electron chi connectivity index (χ1n) is 6.03. The lowest BCUT2D eigenvalue weighted by molar-refractivity contribution is -0.122. The third-order valence-corrected chi connectivity index (χ3v) is 3.89. The Hall–Kier alpha value is -0.890. The topological polar surface area (TPSA) is 17.1 Å². The number of carbonyl (C=O) groups excluding carboxylic acids is 1. The maximum absolute atomic E-state index is 13.1. The molecule has 2 rings (SSSR count). The number of carbonyl (C=O) groups is 1. The minimum atomic E-state index is -0.336. The van der Waals surface area contributed by atoms with Gasteiger partial charge in [0, 0.05) is 17.4 Å². The van der Waals surface area contributed by atoms with Crippen molar-refractivity contribution in [3.05, 3.63) is 34.6 Å². The molecule has 0 heterocycles. The molecule has 0 bridgehead atoms. The van der Waals surface area contributed by atoms with E-state index in [9.17, 15) is 9.18 Å². The molecule has 1 aliphatic rings. The van der Waals surface area contributed by atoms with E-state index in [1.165, 1.54) is 18.2 Å². The van der Waals surface area contributed by atoms with Gasteiger partial charge in [-0.1, -0.05) is 18.5 Å². The molecule has 92 valence electrons. The molecule has 1 fully saturated rings. The first kappa shape index (κ1) is 12.6. The lowest BCUT2D eigenvalue weighted by atomic mass is 9.95. The number of Topliss-reactive ketones (excluding diaryl/α,β-unsaturated/α-hetero) is 1. The molecule has 1 aromatic carbocycles. The summed E-state index contributed by atoms with van der Waals surface area (Å²) in [6.07, 6.45) is 3.31. The highest BCUT2D eigenvalue weighted by atomic mass is 35.5. The van der Waals surface area contributed by atoms with Crippen molar-refractivity contribution in [2.75, 3.05) is 0 Å². The third kappa shape index (κ3) is 3.06. The zero-order valence-electron chi connectivity index (χ0n) is 9.88. The van der Waals surface area contributed by atoms with Gasteiger partial charge in [0.25, 0.3) is 0 Å². The highest BCUT2D eigenvalue weighted by molar-refractivity contribution is 6.31. The van der Waals surface area contributed by atoms with Crippen LogP contribution in [0, 0.1) is 17.7 Å². The maximum atomic E-state index is 13.1. The van der Waals surface area contributed by atoms with Gasteiger partial charge in [-0.2, -0.15) is 0 Å². The summed E-state index contributed by atoms with van der Waals surface area (Å²) in [5.74, 6) is 0.634. The monoisotopic (exact) mass is 254 g/mol. The van der Waals surface area contributed by atoms with Crippen molar-refractivity contribution in [1.82, 2.24) is 0 Å². The van der Waals surface area contributed by atoms with Gasteiger partial charge in [0.15, 0.2) is 0 Å². The molecule has 2 unspecified atom stereocenters. The fourth-order valence-corrected chi connectivity index (χ4v) is 2.69. The second-order valence-electron chi connectivity index (χ2n) is 4.99. The van der Waals surface area contributed by atoms with E-state index in [2.05, 4.69) is 6.92 Å². The van der Waals surface area contributed by atoms with Crippen molar-refractivity contribution >= 4 is 17.4 Å². The summed E-state index contributed by atoms with van der Waals surface area (Å²) in [7, 11) is 0. The summed E-state index contributed by atoms with van der Waals surface area (Å²) in [5, 5.41) is 0.478. The standard InChI is InChI=1S/C14H16ClFO/c1-9-2-3-10(6-9)14(17)8-11-7-12(16)4-5-13(11)15/h4-5,7,9-10H,2-3,6,8H2,1H3. The Kier molecular flexibility index (Phi) is 3.82. The number of hydrogen-bond donors (Lipinski definition) is 0. The average Bonchev–Trinajstić information content (AvgIpc) is 2.70. The lowest BCUT2D eigenvalue weighted by Gasteiger charge is -2.09. The smallest absolute Gasteiger partial charge is 0.140 e. The molecule has 0 saturated heterocycles. The second-order valence-corrected chi connectivity index (χ2v) is 5.40. The van der Waals surface area contributed by atoms with E-state index in [4.69, 9.17) is 11.6 Å². The molecule has 17 heavy (non-hydrogen) atoms. The first-order chi connectivity index (χ1) is 8.06. The van der Waals surface area contributed by atoms with Gasteiger partial charge < -0.3 is 0 Å². The predicted molar refractivity (Wildman–Crippen MR) is 66.6 cm³/mol. The number of benzene rings is 1. The molecule has 0 amide bonds. The van der Waals surface area contributed by atoms with E-state index in [1.54, 1.807) is 0 Å². The molecule has 0 aromatic heterocycles. The van der Waals surface area contributed by atoms with Crippen molar-refractivity contribution in [3.63, 3.8) is 0 Å². The summed E-state index contributed by atoms with van der Waals surface area (Å²) in [4.78, 5) is 12.0. The fourth-order valence-electron chi connectivity index (χ4n) is 2.51. The Balaban J connectivity index is 2.05. The van der Waals surface area contributed by atoms with Crippen LogP contribution in [0.3, 0.4) is 0 Å². The third-order valence-electron chi connectivity index (χ3n) is 3.52. The van der Waals surface area contributed by atoms with Crippen LogP contribution >= 0.6 is 11.6 Å². The number of rotatable bonds is 3. The van der Waals surface area contributed by atoms with Crippen LogP contribution in [0.4, 0.5) is 4.39 Å². The molecular formula is C14H16ClFO. The number of halogens is 2. The van der Waals surface area contributed by atoms with Crippen molar-refractivity contribution in [2.45, 2.75) is 32.6 Å². The first-order valence-corrected chi connectivity index (χ1v) is 6.40. The van der Waals surface area contributed by atoms with Crippen LogP contribution in [0.2, 0.25) is 5.02 Å². The molecule has 2 atom stereocenters. The van der Waals surface area contributed by atoms with Crippen LogP contribution in [0.25, 0.3) is 0 Å². The van der Waals surface area contributed by atoms with Gasteiger partial charge >= 0.3 is 0 Å². The van der Waals surface area contributed by atoms with E-state index in [0.717, 1.165) is 19.3 Å². The van der Waals surface area contributed by atoms with Crippen molar-refractivity contribution < 1.29 is 9.18 Å². The molecule has 1 nitrogen and oxygen atoms in total. The Morgan fingerprint density at radius 2 is 2.24 bits per heavy atom. The second kappa shape index (κ2) is 5.18. The zero-order chi connectivity index (χ0) is 12.4. The van der Waals surface area contributed by atoms with Gasteiger partial charge in [-0.3, -0.25) is 4.79 Å². The summed E-state index contributed by atoms with van der Waals surface area (Å²) < 4.78 is 13.1. The van der Waals surface area contributed by atoms with Crippen molar-refractivity contribution in [1.29, 1.82) is 0 Å². The number of ketones is 1. The molecule has 1 aromatic rings. The summed E-state index contributed by atoms with van der Waals surface area (Å²) >= 11 is 5.96. The Bertz CT molecular complexity index is 430. The molecule has 0 N–H and O–H groups in total. The molecule has 3 heteroatoms. The van der Waals surface area contributed by atoms with E-state index in [1.807, 2.05) is 0 Å². The Morgan fingerprint density at radius 3 is 2.88 bits per heavy atom. The van der Waals surface area contributed by atoms with Crippen LogP contribution in [0.15, 0.2) is 18.2 Å². The maximum Gasteiger partial charge on any atom is 0.140 e. The van der Waals surface area contributed by atoms with Crippen molar-refractivity contribution in [3.8, 4) is 0 Å². The Morgan fingerprint density at radius 1 is 1.47 bits per heavy atom. The van der Waals surface area contributed by atoms with Crippen molar-refractivity contribution in [2.24, 2.45) is 11.8 Å². The van der Waals surface area contributed by atoms with Crippen LogP contribution in [0.1, 0.15) is 31.7 Å². The minimum absolute atomic E-state index is 0.143. The number of hydrogen-bond acceptors (Lipinski definition) is 1. The fraction of sp³-hybridized carbons (Fsp3) is 0.500. The highest BCUT2D eigenvalue weighted by Gasteiger charge is 2.27. The Labute approximate surface area is 106 Å². The van der Waals surface area contributed by atoms with Crippen LogP contribution in [-0.4, -0.2) is 5.78 Å². The zero-order valence-corrected chi connectivity index (χ0v) is 10.6. The van der Waals surface area contributed by atoms with Gasteiger partial charge in [0.05, 0.1) is 0 Å². The van der Waals surface area contributed by atoms with Gasteiger partial charge in [-0.05, 0) is 48.9 Å². The average molecular weight is 255 g/mol. The summed E-state index contributed by atoms with van der Waals surface area (Å²) in [6, 6.07) is 4.18. The van der Waals surface area contributed by atoms with Gasteiger partial charge in [-0.25, -0.2) is 4.39 Å². The SMILES string of the molecule is CC1CCC(C(=O)Cc2cc(F)ccc2Cl)C1. The highest BCUT2D eigenvalue weighted by Crippen LogP contribution is 2.32. The quantitative estimate of drug-likeness (QED) is 0.796.